The number of amides is 1. The minimum Gasteiger partial charge on any atom is -0.382 e. The van der Waals surface area contributed by atoms with Crippen molar-refractivity contribution in [2.24, 2.45) is 5.92 Å². The topological polar surface area (TPSA) is 94.1 Å². The number of nitrogens with zero attached hydrogens (tertiary/aromatic N) is 3. The van der Waals surface area contributed by atoms with E-state index in [0.29, 0.717) is 31.7 Å². The second-order valence-electron chi connectivity index (χ2n) is 6.99. The first kappa shape index (κ1) is 16.4. The molecule has 0 bridgehead atoms. The van der Waals surface area contributed by atoms with Crippen molar-refractivity contribution in [3.05, 3.63) is 11.9 Å². The fourth-order valence-corrected chi connectivity index (χ4v) is 3.79. The van der Waals surface area contributed by atoms with Crippen molar-refractivity contribution in [1.82, 2.24) is 25.6 Å². The van der Waals surface area contributed by atoms with Gasteiger partial charge in [-0.05, 0) is 18.8 Å². The largest absolute Gasteiger partial charge is 0.382 e. The number of hydrogen-bond donors (Lipinski definition) is 3. The zero-order chi connectivity index (χ0) is 16.1. The molecule has 1 saturated heterocycles. The lowest BCUT2D eigenvalue weighted by Gasteiger charge is -2.22. The third-order valence-corrected chi connectivity index (χ3v) is 5.19. The fraction of sp³-hybridized carbons (Fsp3) is 0.812. The molecule has 3 N–H and O–H groups in total. The Balaban J connectivity index is 1.37. The van der Waals surface area contributed by atoms with Gasteiger partial charge in [0.25, 0.3) is 0 Å². The van der Waals surface area contributed by atoms with E-state index in [0.717, 1.165) is 18.9 Å². The quantitative estimate of drug-likeness (QED) is 0.720. The molecule has 0 unspecified atom stereocenters. The molecule has 3 rings (SSSR count). The first-order valence-electron chi connectivity index (χ1n) is 8.73. The fourth-order valence-electron chi connectivity index (χ4n) is 3.79. The number of hydrogen-bond acceptors (Lipinski definition) is 5. The minimum absolute atomic E-state index is 0.0465. The van der Waals surface area contributed by atoms with Gasteiger partial charge in [-0.2, -0.15) is 15.4 Å². The van der Waals surface area contributed by atoms with Crippen LogP contribution in [0.25, 0.3) is 0 Å². The monoisotopic (exact) mass is 321 g/mol. The maximum atomic E-state index is 12.1. The summed E-state index contributed by atoms with van der Waals surface area (Å²) in [5.74, 6) is 0.832. The van der Waals surface area contributed by atoms with E-state index in [-0.39, 0.29) is 5.91 Å². The summed E-state index contributed by atoms with van der Waals surface area (Å²) in [6.07, 6.45) is 9.89. The number of aliphatic hydroxyl groups is 1. The smallest absolute Gasteiger partial charge is 0.234 e. The van der Waals surface area contributed by atoms with Gasteiger partial charge in [-0.1, -0.05) is 32.1 Å². The lowest BCUT2D eigenvalue weighted by molar-refractivity contribution is -0.122. The highest BCUT2D eigenvalue weighted by molar-refractivity contribution is 5.78. The third-order valence-electron chi connectivity index (χ3n) is 5.19. The van der Waals surface area contributed by atoms with E-state index >= 15 is 0 Å². The van der Waals surface area contributed by atoms with E-state index in [1.807, 2.05) is 4.90 Å². The average molecular weight is 321 g/mol. The number of β-amino-alcohol motifs (C(OH)–C–C–N with tert-alkyl or cyclic N) is 1. The number of carbonyl (C=O) groups is 1. The van der Waals surface area contributed by atoms with Gasteiger partial charge in [-0.25, -0.2) is 0 Å². The molecule has 0 spiro atoms. The summed E-state index contributed by atoms with van der Waals surface area (Å²) in [5, 5.41) is 23.9. The Labute approximate surface area is 136 Å². The SMILES string of the molecule is O=C(CN1CC[C@@](O)(c2cn[nH]n2)C1)NCCC1CCCCC1. The Morgan fingerprint density at radius 2 is 2.26 bits per heavy atom. The van der Waals surface area contributed by atoms with Gasteiger partial charge in [0.2, 0.25) is 5.91 Å². The molecule has 1 aliphatic carbocycles. The Morgan fingerprint density at radius 1 is 1.43 bits per heavy atom. The normalized spacial score (nSPS) is 26.5. The third kappa shape index (κ3) is 4.29. The number of aromatic nitrogens is 3. The van der Waals surface area contributed by atoms with Gasteiger partial charge >= 0.3 is 0 Å². The predicted octanol–water partition coefficient (Wildman–Crippen LogP) is 0.785. The zero-order valence-corrected chi connectivity index (χ0v) is 13.6. The second kappa shape index (κ2) is 7.40. The number of carbonyl (C=O) groups excluding carboxylic acids is 1. The van der Waals surface area contributed by atoms with Crippen molar-refractivity contribution >= 4 is 5.91 Å². The van der Waals surface area contributed by atoms with Crippen LogP contribution in [0.3, 0.4) is 0 Å². The van der Waals surface area contributed by atoms with E-state index in [2.05, 4.69) is 20.7 Å². The summed E-state index contributed by atoms with van der Waals surface area (Å²) in [6.45, 7) is 2.23. The van der Waals surface area contributed by atoms with Gasteiger partial charge in [0.15, 0.2) is 0 Å². The number of rotatable bonds is 6. The number of aromatic amines is 1. The molecule has 7 heteroatoms. The van der Waals surface area contributed by atoms with E-state index in [1.54, 1.807) is 6.20 Å². The number of nitrogens with one attached hydrogen (secondary N) is 2. The first-order valence-corrected chi connectivity index (χ1v) is 8.73. The van der Waals surface area contributed by atoms with Crippen LogP contribution in [-0.2, 0) is 10.4 Å². The van der Waals surface area contributed by atoms with Crippen LogP contribution in [0.5, 0.6) is 0 Å². The first-order chi connectivity index (χ1) is 11.2. The maximum Gasteiger partial charge on any atom is 0.234 e. The summed E-state index contributed by atoms with van der Waals surface area (Å²) < 4.78 is 0. The van der Waals surface area contributed by atoms with E-state index in [1.165, 1.54) is 32.1 Å². The molecule has 0 radical (unpaired) electrons. The van der Waals surface area contributed by atoms with Gasteiger partial charge in [0.1, 0.15) is 11.3 Å². The number of H-pyrrole nitrogens is 1. The standard InChI is InChI=1S/C16H27N5O2/c22-15(17-8-6-13-4-2-1-3-5-13)11-21-9-7-16(23,12-21)14-10-18-20-19-14/h10,13,23H,1-9,11-12H2,(H,17,22)(H,18,19,20)/t16-/m0/s1. The molecule has 1 aromatic heterocycles. The molecule has 128 valence electrons. The summed E-state index contributed by atoms with van der Waals surface area (Å²) in [5.41, 5.74) is -0.437. The second-order valence-corrected chi connectivity index (χ2v) is 6.99. The maximum absolute atomic E-state index is 12.1. The average Bonchev–Trinajstić information content (AvgIpc) is 3.19. The van der Waals surface area contributed by atoms with Gasteiger partial charge < -0.3 is 10.4 Å². The molecule has 23 heavy (non-hydrogen) atoms. The van der Waals surface area contributed by atoms with Gasteiger partial charge in [-0.15, -0.1) is 0 Å². The van der Waals surface area contributed by atoms with Crippen molar-refractivity contribution in [3.63, 3.8) is 0 Å². The Hall–Kier alpha value is -1.47. The molecule has 0 aromatic carbocycles. The molecule has 1 aromatic rings. The van der Waals surface area contributed by atoms with Crippen molar-refractivity contribution in [2.45, 2.75) is 50.5 Å². The minimum atomic E-state index is -0.991. The summed E-state index contributed by atoms with van der Waals surface area (Å²) in [7, 11) is 0. The van der Waals surface area contributed by atoms with Crippen molar-refractivity contribution in [3.8, 4) is 0 Å². The highest BCUT2D eigenvalue weighted by Crippen LogP contribution is 2.29. The molecule has 2 heterocycles. The van der Waals surface area contributed by atoms with E-state index < -0.39 is 5.60 Å². The Morgan fingerprint density at radius 3 is 3.00 bits per heavy atom. The highest BCUT2D eigenvalue weighted by Gasteiger charge is 2.40. The summed E-state index contributed by atoms with van der Waals surface area (Å²) in [6, 6.07) is 0. The highest BCUT2D eigenvalue weighted by atomic mass is 16.3. The van der Waals surface area contributed by atoms with Crippen LogP contribution in [-0.4, -0.2) is 57.5 Å². The van der Waals surface area contributed by atoms with Crippen LogP contribution in [0.15, 0.2) is 6.20 Å². The molecular weight excluding hydrogens is 294 g/mol. The molecule has 2 fully saturated rings. The van der Waals surface area contributed by atoms with Crippen molar-refractivity contribution in [1.29, 1.82) is 0 Å². The van der Waals surface area contributed by atoms with E-state index in [4.69, 9.17) is 0 Å². The Bertz CT molecular complexity index is 501. The molecular formula is C16H27N5O2. The van der Waals surface area contributed by atoms with E-state index in [9.17, 15) is 9.90 Å². The van der Waals surface area contributed by atoms with Crippen LogP contribution >= 0.6 is 0 Å². The van der Waals surface area contributed by atoms with Gasteiger partial charge in [0, 0.05) is 19.6 Å². The summed E-state index contributed by atoms with van der Waals surface area (Å²) in [4.78, 5) is 14.0. The summed E-state index contributed by atoms with van der Waals surface area (Å²) >= 11 is 0. The molecule has 7 nitrogen and oxygen atoms in total. The van der Waals surface area contributed by atoms with Crippen LogP contribution in [0, 0.1) is 5.92 Å². The van der Waals surface area contributed by atoms with Crippen LogP contribution in [0.4, 0.5) is 0 Å². The molecule has 2 aliphatic rings. The van der Waals surface area contributed by atoms with Crippen LogP contribution in [0.2, 0.25) is 0 Å². The van der Waals surface area contributed by atoms with Gasteiger partial charge in [0.05, 0.1) is 12.7 Å². The lowest BCUT2D eigenvalue weighted by Crippen LogP contribution is -2.39. The number of likely N-dealkylation sites (tertiary alicyclic amines) is 1. The zero-order valence-electron chi connectivity index (χ0n) is 13.6. The lowest BCUT2D eigenvalue weighted by atomic mass is 9.87. The van der Waals surface area contributed by atoms with Crippen molar-refractivity contribution in [2.75, 3.05) is 26.2 Å². The van der Waals surface area contributed by atoms with Crippen LogP contribution in [0.1, 0.15) is 50.6 Å². The molecule has 1 atom stereocenters. The predicted molar refractivity (Wildman–Crippen MR) is 85.5 cm³/mol. The molecule has 1 amide bonds. The van der Waals surface area contributed by atoms with Gasteiger partial charge in [-0.3, -0.25) is 9.69 Å². The molecule has 1 saturated carbocycles. The Kier molecular flexibility index (Phi) is 5.27. The van der Waals surface area contributed by atoms with Crippen molar-refractivity contribution < 1.29 is 9.90 Å². The van der Waals surface area contributed by atoms with Crippen LogP contribution < -0.4 is 5.32 Å². The molecule has 1 aliphatic heterocycles.